The Morgan fingerprint density at radius 2 is 2.15 bits per heavy atom. The van der Waals surface area contributed by atoms with Gasteiger partial charge in [-0.05, 0) is 18.8 Å². The molecule has 6 nitrogen and oxygen atoms in total. The van der Waals surface area contributed by atoms with Crippen molar-refractivity contribution in [2.45, 2.75) is 32.1 Å². The number of imidazole rings is 1. The Bertz CT molecular complexity index is 558. The molecule has 1 amide bonds. The fraction of sp³-hybridized carbons (Fsp3) is 0.643. The summed E-state index contributed by atoms with van der Waals surface area (Å²) in [6, 6.07) is 0. The minimum absolute atomic E-state index is 0.00800. The van der Waals surface area contributed by atoms with E-state index < -0.39 is 0 Å². The van der Waals surface area contributed by atoms with Crippen LogP contribution in [-0.2, 0) is 0 Å². The number of guanidine groups is 1. The van der Waals surface area contributed by atoms with Crippen molar-refractivity contribution in [3.63, 3.8) is 0 Å². The minimum atomic E-state index is 0.00800. The molecule has 3 heterocycles. The van der Waals surface area contributed by atoms with Gasteiger partial charge in [0, 0.05) is 13.1 Å². The second-order valence-electron chi connectivity index (χ2n) is 5.85. The molecule has 1 aliphatic carbocycles. The summed E-state index contributed by atoms with van der Waals surface area (Å²) in [5.74, 6) is 2.26. The third-order valence-electron chi connectivity index (χ3n) is 4.56. The first-order valence-corrected chi connectivity index (χ1v) is 7.52. The summed E-state index contributed by atoms with van der Waals surface area (Å²) in [5.41, 5.74) is 0.613. The Morgan fingerprint density at radius 1 is 1.30 bits per heavy atom. The number of amides is 1. The van der Waals surface area contributed by atoms with Crippen LogP contribution in [0, 0.1) is 5.92 Å². The van der Waals surface area contributed by atoms with E-state index in [1.165, 1.54) is 32.1 Å². The van der Waals surface area contributed by atoms with Gasteiger partial charge in [-0.2, -0.15) is 0 Å². The molecule has 0 spiro atoms. The number of aromatic nitrogens is 2. The summed E-state index contributed by atoms with van der Waals surface area (Å²) in [7, 11) is 0. The Morgan fingerprint density at radius 3 is 3.00 bits per heavy atom. The molecule has 3 aliphatic rings. The smallest absolute Gasteiger partial charge is 0.280 e. The Labute approximate surface area is 117 Å². The van der Waals surface area contributed by atoms with E-state index in [2.05, 4.69) is 19.9 Å². The number of carbonyl (C=O) groups excluding carboxylic acids is 1. The van der Waals surface area contributed by atoms with Gasteiger partial charge in [0.25, 0.3) is 5.91 Å². The number of nitrogens with one attached hydrogen (secondary N) is 1. The first kappa shape index (κ1) is 11.9. The van der Waals surface area contributed by atoms with Crippen molar-refractivity contribution in [3.05, 3.63) is 12.0 Å². The molecule has 106 valence electrons. The van der Waals surface area contributed by atoms with E-state index >= 15 is 0 Å². The third kappa shape index (κ3) is 1.74. The molecular weight excluding hydrogens is 254 g/mol. The predicted octanol–water partition coefficient (Wildman–Crippen LogP) is 1.62. The maximum absolute atomic E-state index is 12.3. The molecule has 1 fully saturated rings. The Balaban J connectivity index is 1.66. The monoisotopic (exact) mass is 273 g/mol. The van der Waals surface area contributed by atoms with E-state index in [4.69, 9.17) is 0 Å². The molecule has 0 radical (unpaired) electrons. The van der Waals surface area contributed by atoms with Gasteiger partial charge in [0.05, 0.1) is 12.9 Å². The number of aromatic amines is 1. The van der Waals surface area contributed by atoms with Gasteiger partial charge in [0.2, 0.25) is 5.96 Å². The zero-order chi connectivity index (χ0) is 13.5. The number of H-pyrrole nitrogens is 1. The number of anilines is 1. The number of nitrogens with zero attached hydrogens (tertiary/aromatic N) is 4. The van der Waals surface area contributed by atoms with Crippen molar-refractivity contribution in [2.75, 3.05) is 24.5 Å². The van der Waals surface area contributed by atoms with Crippen molar-refractivity contribution >= 4 is 17.7 Å². The fourth-order valence-corrected chi connectivity index (χ4v) is 3.53. The molecule has 0 atom stereocenters. The summed E-state index contributed by atoms with van der Waals surface area (Å²) in [6.07, 6.45) is 8.16. The van der Waals surface area contributed by atoms with Crippen LogP contribution in [0.3, 0.4) is 0 Å². The minimum Gasteiger partial charge on any atom is -0.339 e. The van der Waals surface area contributed by atoms with Crippen LogP contribution in [0.25, 0.3) is 0 Å². The van der Waals surface area contributed by atoms with Crippen molar-refractivity contribution in [1.29, 1.82) is 0 Å². The van der Waals surface area contributed by atoms with Crippen LogP contribution in [0.1, 0.15) is 42.6 Å². The van der Waals surface area contributed by atoms with Crippen molar-refractivity contribution in [2.24, 2.45) is 10.9 Å². The number of aliphatic imine (C=N–C) groups is 1. The first-order chi connectivity index (χ1) is 9.84. The average Bonchev–Trinajstić information content (AvgIpc) is 3.14. The summed E-state index contributed by atoms with van der Waals surface area (Å²) < 4.78 is 0. The predicted molar refractivity (Wildman–Crippen MR) is 75.8 cm³/mol. The lowest BCUT2D eigenvalue weighted by atomic mass is 9.89. The second kappa shape index (κ2) is 4.61. The third-order valence-corrected chi connectivity index (χ3v) is 4.56. The van der Waals surface area contributed by atoms with E-state index in [1.807, 2.05) is 0 Å². The van der Waals surface area contributed by atoms with E-state index in [-0.39, 0.29) is 5.91 Å². The molecule has 20 heavy (non-hydrogen) atoms. The van der Waals surface area contributed by atoms with E-state index in [1.54, 1.807) is 11.2 Å². The molecule has 0 saturated heterocycles. The van der Waals surface area contributed by atoms with Gasteiger partial charge in [-0.15, -0.1) is 0 Å². The lowest BCUT2D eigenvalue weighted by molar-refractivity contribution is 0.0846. The van der Waals surface area contributed by atoms with Gasteiger partial charge < -0.3 is 4.98 Å². The highest BCUT2D eigenvalue weighted by Crippen LogP contribution is 2.31. The van der Waals surface area contributed by atoms with Gasteiger partial charge in [0.15, 0.2) is 5.82 Å². The quantitative estimate of drug-likeness (QED) is 0.890. The zero-order valence-corrected chi connectivity index (χ0v) is 11.5. The van der Waals surface area contributed by atoms with Crippen LogP contribution in [0.4, 0.5) is 5.82 Å². The number of fused-ring (bicyclic) bond motifs is 2. The molecule has 1 aromatic heterocycles. The number of rotatable bonds is 2. The SMILES string of the molecule is O=C1c2[nH]cnc2N(CC2CCCCC2)C2=NCCN12. The highest BCUT2D eigenvalue weighted by atomic mass is 16.2. The summed E-state index contributed by atoms with van der Waals surface area (Å²) >= 11 is 0. The summed E-state index contributed by atoms with van der Waals surface area (Å²) in [4.78, 5) is 28.1. The maximum atomic E-state index is 12.3. The molecule has 0 unspecified atom stereocenters. The van der Waals surface area contributed by atoms with Crippen LogP contribution < -0.4 is 4.90 Å². The molecule has 1 saturated carbocycles. The lowest BCUT2D eigenvalue weighted by Gasteiger charge is -2.36. The highest BCUT2D eigenvalue weighted by molar-refractivity contribution is 6.17. The number of hydrogen-bond donors (Lipinski definition) is 1. The van der Waals surface area contributed by atoms with Crippen LogP contribution in [-0.4, -0.2) is 46.4 Å². The molecule has 0 bridgehead atoms. The molecule has 4 rings (SSSR count). The molecule has 1 N–H and O–H groups in total. The number of hydrogen-bond acceptors (Lipinski definition) is 4. The molecule has 6 heteroatoms. The van der Waals surface area contributed by atoms with Gasteiger partial charge in [-0.1, -0.05) is 19.3 Å². The summed E-state index contributed by atoms with van der Waals surface area (Å²) in [5, 5.41) is 0. The van der Waals surface area contributed by atoms with Gasteiger partial charge in [-0.3, -0.25) is 19.6 Å². The van der Waals surface area contributed by atoms with Gasteiger partial charge in [0.1, 0.15) is 5.69 Å². The van der Waals surface area contributed by atoms with Crippen molar-refractivity contribution < 1.29 is 4.79 Å². The van der Waals surface area contributed by atoms with E-state index in [9.17, 15) is 4.79 Å². The largest absolute Gasteiger partial charge is 0.339 e. The Kier molecular flexibility index (Phi) is 2.75. The van der Waals surface area contributed by atoms with Gasteiger partial charge in [-0.25, -0.2) is 4.98 Å². The molecule has 0 aromatic carbocycles. The molecular formula is C14H19N5O. The standard InChI is InChI=1S/C14H19N5O/c20-13-11-12(17-9-16-11)19(14-15-6-7-18(13)14)8-10-4-2-1-3-5-10/h9-10H,1-8H2,(H,16,17). The normalized spacial score (nSPS) is 22.8. The van der Waals surface area contributed by atoms with Crippen LogP contribution >= 0.6 is 0 Å². The average molecular weight is 273 g/mol. The maximum Gasteiger partial charge on any atom is 0.280 e. The molecule has 2 aliphatic heterocycles. The zero-order valence-electron chi connectivity index (χ0n) is 11.5. The van der Waals surface area contributed by atoms with E-state index in [0.29, 0.717) is 24.7 Å². The molecule has 1 aromatic rings. The van der Waals surface area contributed by atoms with Crippen molar-refractivity contribution in [1.82, 2.24) is 14.9 Å². The van der Waals surface area contributed by atoms with Gasteiger partial charge >= 0.3 is 0 Å². The second-order valence-corrected chi connectivity index (χ2v) is 5.85. The number of carbonyl (C=O) groups is 1. The van der Waals surface area contributed by atoms with Crippen LogP contribution in [0.5, 0.6) is 0 Å². The summed E-state index contributed by atoms with van der Waals surface area (Å²) in [6.45, 7) is 2.32. The lowest BCUT2D eigenvalue weighted by Crippen LogP contribution is -2.51. The fourth-order valence-electron chi connectivity index (χ4n) is 3.53. The highest BCUT2D eigenvalue weighted by Gasteiger charge is 2.39. The van der Waals surface area contributed by atoms with E-state index in [0.717, 1.165) is 18.3 Å². The first-order valence-electron chi connectivity index (χ1n) is 7.52. The van der Waals surface area contributed by atoms with Crippen LogP contribution in [0.15, 0.2) is 11.3 Å². The Hall–Kier alpha value is -1.85. The van der Waals surface area contributed by atoms with Crippen LogP contribution in [0.2, 0.25) is 0 Å². The topological polar surface area (TPSA) is 64.6 Å². The van der Waals surface area contributed by atoms with Crippen molar-refractivity contribution in [3.8, 4) is 0 Å².